The van der Waals surface area contributed by atoms with Crippen molar-refractivity contribution in [2.45, 2.75) is 44.4 Å². The molecule has 3 rings (SSSR count). The molecule has 0 aromatic carbocycles. The van der Waals surface area contributed by atoms with E-state index in [0.717, 1.165) is 30.8 Å². The standard InChI is InChI=1S/C13H21N3OS/c1-17-12-3-2-6-16(8-12)13-15-11(9-18-13)7-14-10-4-5-10/h9-10,12,14H,2-8H2,1H3. The number of aromatic nitrogens is 1. The Hall–Kier alpha value is -0.650. The van der Waals surface area contributed by atoms with Crippen LogP contribution in [0.25, 0.3) is 0 Å². The lowest BCUT2D eigenvalue weighted by Crippen LogP contribution is -2.39. The summed E-state index contributed by atoms with van der Waals surface area (Å²) < 4.78 is 5.46. The molecule has 18 heavy (non-hydrogen) atoms. The lowest BCUT2D eigenvalue weighted by molar-refractivity contribution is 0.0893. The Morgan fingerprint density at radius 2 is 2.39 bits per heavy atom. The molecule has 1 N–H and O–H groups in total. The van der Waals surface area contributed by atoms with E-state index in [0.29, 0.717) is 6.10 Å². The highest BCUT2D eigenvalue weighted by Gasteiger charge is 2.23. The molecule has 0 bridgehead atoms. The van der Waals surface area contributed by atoms with Crippen molar-refractivity contribution in [3.8, 4) is 0 Å². The van der Waals surface area contributed by atoms with Gasteiger partial charge in [0.15, 0.2) is 5.13 Å². The minimum Gasteiger partial charge on any atom is -0.380 e. The quantitative estimate of drug-likeness (QED) is 0.885. The molecule has 1 saturated heterocycles. The zero-order valence-electron chi connectivity index (χ0n) is 10.9. The number of hydrogen-bond acceptors (Lipinski definition) is 5. The number of nitrogens with one attached hydrogen (secondary N) is 1. The first-order chi connectivity index (χ1) is 8.85. The molecule has 1 saturated carbocycles. The summed E-state index contributed by atoms with van der Waals surface area (Å²) >= 11 is 1.76. The summed E-state index contributed by atoms with van der Waals surface area (Å²) in [6, 6.07) is 0.753. The van der Waals surface area contributed by atoms with E-state index in [2.05, 4.69) is 15.6 Å². The Bertz CT molecular complexity index is 391. The molecule has 0 spiro atoms. The Morgan fingerprint density at radius 3 is 3.17 bits per heavy atom. The molecule has 1 aliphatic carbocycles. The van der Waals surface area contributed by atoms with Gasteiger partial charge in [0.05, 0.1) is 11.8 Å². The third kappa shape index (κ3) is 3.02. The number of nitrogens with zero attached hydrogens (tertiary/aromatic N) is 2. The molecule has 1 aromatic heterocycles. The molecule has 2 fully saturated rings. The second-order valence-electron chi connectivity index (χ2n) is 5.22. The van der Waals surface area contributed by atoms with Crippen LogP contribution in [0.2, 0.25) is 0 Å². The van der Waals surface area contributed by atoms with Gasteiger partial charge in [0.25, 0.3) is 0 Å². The Balaban J connectivity index is 1.57. The van der Waals surface area contributed by atoms with Crippen LogP contribution in [0.4, 0.5) is 5.13 Å². The molecular weight excluding hydrogens is 246 g/mol. The summed E-state index contributed by atoms with van der Waals surface area (Å²) in [5.41, 5.74) is 1.18. The van der Waals surface area contributed by atoms with Gasteiger partial charge in [-0.05, 0) is 25.7 Å². The van der Waals surface area contributed by atoms with Gasteiger partial charge < -0.3 is 15.0 Å². The predicted molar refractivity (Wildman–Crippen MR) is 74.2 cm³/mol. The van der Waals surface area contributed by atoms with Crippen LogP contribution in [0.15, 0.2) is 5.38 Å². The molecule has 1 aliphatic heterocycles. The normalized spacial score (nSPS) is 24.5. The fourth-order valence-corrected chi connectivity index (χ4v) is 3.23. The zero-order valence-corrected chi connectivity index (χ0v) is 11.7. The lowest BCUT2D eigenvalue weighted by atomic mass is 10.1. The van der Waals surface area contributed by atoms with E-state index < -0.39 is 0 Å². The Labute approximate surface area is 112 Å². The molecule has 0 amide bonds. The maximum Gasteiger partial charge on any atom is 0.185 e. The number of anilines is 1. The van der Waals surface area contributed by atoms with Crippen LogP contribution < -0.4 is 10.2 Å². The van der Waals surface area contributed by atoms with Crippen LogP contribution in [0.3, 0.4) is 0 Å². The van der Waals surface area contributed by atoms with E-state index in [-0.39, 0.29) is 0 Å². The summed E-state index contributed by atoms with van der Waals surface area (Å²) in [5, 5.41) is 6.85. The SMILES string of the molecule is COC1CCCN(c2nc(CNC3CC3)cs2)C1. The summed E-state index contributed by atoms with van der Waals surface area (Å²) in [5.74, 6) is 0. The van der Waals surface area contributed by atoms with E-state index in [1.165, 1.54) is 31.4 Å². The number of ether oxygens (including phenoxy) is 1. The van der Waals surface area contributed by atoms with Crippen molar-refractivity contribution >= 4 is 16.5 Å². The van der Waals surface area contributed by atoms with Crippen molar-refractivity contribution in [2.75, 3.05) is 25.1 Å². The highest BCUT2D eigenvalue weighted by molar-refractivity contribution is 7.13. The molecule has 1 unspecified atom stereocenters. The number of rotatable bonds is 5. The summed E-state index contributed by atoms with van der Waals surface area (Å²) in [6.45, 7) is 3.02. The van der Waals surface area contributed by atoms with Gasteiger partial charge in [-0.15, -0.1) is 11.3 Å². The predicted octanol–water partition coefficient (Wildman–Crippen LogP) is 2.01. The third-order valence-corrected chi connectivity index (χ3v) is 4.62. The third-order valence-electron chi connectivity index (χ3n) is 3.67. The maximum absolute atomic E-state index is 5.46. The van der Waals surface area contributed by atoms with Crippen LogP contribution >= 0.6 is 11.3 Å². The van der Waals surface area contributed by atoms with E-state index in [4.69, 9.17) is 9.72 Å². The van der Waals surface area contributed by atoms with Gasteiger partial charge in [0.2, 0.25) is 0 Å². The fraction of sp³-hybridized carbons (Fsp3) is 0.769. The van der Waals surface area contributed by atoms with Crippen molar-refractivity contribution in [1.82, 2.24) is 10.3 Å². The topological polar surface area (TPSA) is 37.4 Å². The monoisotopic (exact) mass is 267 g/mol. The smallest absolute Gasteiger partial charge is 0.185 e. The second-order valence-corrected chi connectivity index (χ2v) is 6.06. The first-order valence-corrected chi connectivity index (χ1v) is 7.68. The van der Waals surface area contributed by atoms with Crippen molar-refractivity contribution in [3.63, 3.8) is 0 Å². The van der Waals surface area contributed by atoms with E-state index in [9.17, 15) is 0 Å². The van der Waals surface area contributed by atoms with Gasteiger partial charge in [-0.1, -0.05) is 0 Å². The minimum absolute atomic E-state index is 0.371. The fourth-order valence-electron chi connectivity index (χ4n) is 2.36. The molecule has 100 valence electrons. The van der Waals surface area contributed by atoms with E-state index >= 15 is 0 Å². The summed E-state index contributed by atoms with van der Waals surface area (Å²) in [6.07, 6.45) is 5.41. The number of hydrogen-bond donors (Lipinski definition) is 1. The van der Waals surface area contributed by atoms with Crippen molar-refractivity contribution in [3.05, 3.63) is 11.1 Å². The zero-order chi connectivity index (χ0) is 12.4. The molecule has 4 nitrogen and oxygen atoms in total. The van der Waals surface area contributed by atoms with Crippen LogP contribution in [0.5, 0.6) is 0 Å². The minimum atomic E-state index is 0.371. The molecule has 1 atom stereocenters. The second kappa shape index (κ2) is 5.55. The largest absolute Gasteiger partial charge is 0.380 e. The first kappa shape index (κ1) is 12.4. The van der Waals surface area contributed by atoms with E-state index in [1.54, 1.807) is 18.4 Å². The van der Waals surface area contributed by atoms with Crippen molar-refractivity contribution in [2.24, 2.45) is 0 Å². The summed E-state index contributed by atoms with van der Waals surface area (Å²) in [4.78, 5) is 7.09. The van der Waals surface area contributed by atoms with Crippen LogP contribution in [-0.4, -0.2) is 37.3 Å². The van der Waals surface area contributed by atoms with Gasteiger partial charge in [0.1, 0.15) is 0 Å². The molecule has 1 aromatic rings. The van der Waals surface area contributed by atoms with Gasteiger partial charge in [-0.3, -0.25) is 0 Å². The van der Waals surface area contributed by atoms with Crippen LogP contribution in [0.1, 0.15) is 31.4 Å². The van der Waals surface area contributed by atoms with E-state index in [1.807, 2.05) is 0 Å². The van der Waals surface area contributed by atoms with Gasteiger partial charge >= 0.3 is 0 Å². The highest BCUT2D eigenvalue weighted by atomic mass is 32.1. The Kier molecular flexibility index (Phi) is 3.82. The summed E-state index contributed by atoms with van der Waals surface area (Å²) in [7, 11) is 1.81. The number of thiazole rings is 1. The molecule has 0 radical (unpaired) electrons. The van der Waals surface area contributed by atoms with Gasteiger partial charge in [0, 0.05) is 38.2 Å². The highest BCUT2D eigenvalue weighted by Crippen LogP contribution is 2.25. The lowest BCUT2D eigenvalue weighted by Gasteiger charge is -2.31. The van der Waals surface area contributed by atoms with Gasteiger partial charge in [-0.25, -0.2) is 4.98 Å². The van der Waals surface area contributed by atoms with Gasteiger partial charge in [-0.2, -0.15) is 0 Å². The first-order valence-electron chi connectivity index (χ1n) is 6.80. The number of methoxy groups -OCH3 is 1. The average molecular weight is 267 g/mol. The molecule has 5 heteroatoms. The van der Waals surface area contributed by atoms with Crippen molar-refractivity contribution in [1.29, 1.82) is 0 Å². The van der Waals surface area contributed by atoms with Crippen LogP contribution in [-0.2, 0) is 11.3 Å². The number of piperidine rings is 1. The maximum atomic E-state index is 5.46. The molecule has 2 aliphatic rings. The molecular formula is C13H21N3OS. The Morgan fingerprint density at radius 1 is 1.50 bits per heavy atom. The van der Waals surface area contributed by atoms with Crippen LogP contribution in [0, 0.1) is 0 Å². The molecule has 2 heterocycles. The average Bonchev–Trinajstić information content (AvgIpc) is 3.13. The van der Waals surface area contributed by atoms with Crippen molar-refractivity contribution < 1.29 is 4.74 Å².